The number of nitrogens with zero attached hydrogens (tertiary/aromatic N) is 1. The minimum atomic E-state index is 0.457. The lowest BCUT2D eigenvalue weighted by molar-refractivity contribution is 0.497. The SMILES string of the molecule is CCCCCCC(NC)c1cscn1. The molecule has 80 valence electrons. The Hall–Kier alpha value is -0.410. The summed E-state index contributed by atoms with van der Waals surface area (Å²) in [5.41, 5.74) is 3.11. The second-order valence-corrected chi connectivity index (χ2v) is 4.32. The van der Waals surface area contributed by atoms with Gasteiger partial charge in [-0.1, -0.05) is 32.6 Å². The predicted octanol–water partition coefficient (Wildman–Crippen LogP) is 3.37. The lowest BCUT2D eigenvalue weighted by atomic mass is 10.1. The maximum atomic E-state index is 4.34. The van der Waals surface area contributed by atoms with Gasteiger partial charge >= 0.3 is 0 Å². The number of aromatic nitrogens is 1. The van der Waals surface area contributed by atoms with Crippen molar-refractivity contribution in [3.05, 3.63) is 16.6 Å². The summed E-state index contributed by atoms with van der Waals surface area (Å²) in [6, 6.07) is 0.457. The van der Waals surface area contributed by atoms with E-state index in [1.165, 1.54) is 37.8 Å². The van der Waals surface area contributed by atoms with Crippen LogP contribution in [0, 0.1) is 0 Å². The highest BCUT2D eigenvalue weighted by atomic mass is 32.1. The van der Waals surface area contributed by atoms with Gasteiger partial charge in [-0.3, -0.25) is 0 Å². The standard InChI is InChI=1S/C11H20N2S/c1-3-4-5-6-7-10(12-2)11-8-14-9-13-11/h8-10,12H,3-7H2,1-2H3. The van der Waals surface area contributed by atoms with Crippen molar-refractivity contribution in [2.75, 3.05) is 7.05 Å². The van der Waals surface area contributed by atoms with Crippen LogP contribution in [0.15, 0.2) is 10.9 Å². The van der Waals surface area contributed by atoms with E-state index >= 15 is 0 Å². The molecule has 1 aromatic rings. The number of thiazole rings is 1. The van der Waals surface area contributed by atoms with Gasteiger partial charge in [-0.25, -0.2) is 4.98 Å². The Morgan fingerprint density at radius 2 is 2.29 bits per heavy atom. The van der Waals surface area contributed by atoms with Gasteiger partial charge in [-0.15, -0.1) is 11.3 Å². The summed E-state index contributed by atoms with van der Waals surface area (Å²) in [4.78, 5) is 4.34. The summed E-state index contributed by atoms with van der Waals surface area (Å²) in [7, 11) is 2.02. The second kappa shape index (κ2) is 6.96. The molecule has 0 aliphatic rings. The van der Waals surface area contributed by atoms with Crippen molar-refractivity contribution < 1.29 is 0 Å². The van der Waals surface area contributed by atoms with Crippen LogP contribution in [0.3, 0.4) is 0 Å². The van der Waals surface area contributed by atoms with Crippen LogP contribution in [0.5, 0.6) is 0 Å². The third-order valence-corrected chi connectivity index (χ3v) is 3.11. The van der Waals surface area contributed by atoms with Crippen LogP contribution >= 0.6 is 11.3 Å². The van der Waals surface area contributed by atoms with Crippen LogP contribution in [0.25, 0.3) is 0 Å². The first-order valence-corrected chi connectivity index (χ1v) is 6.38. The Bertz CT molecular complexity index is 221. The van der Waals surface area contributed by atoms with Crippen molar-refractivity contribution in [1.29, 1.82) is 0 Å². The van der Waals surface area contributed by atoms with Gasteiger partial charge in [0.1, 0.15) is 0 Å². The Kier molecular flexibility index (Phi) is 5.80. The zero-order chi connectivity index (χ0) is 10.2. The number of unbranched alkanes of at least 4 members (excludes halogenated alkanes) is 3. The van der Waals surface area contributed by atoms with E-state index in [-0.39, 0.29) is 0 Å². The fraction of sp³-hybridized carbons (Fsp3) is 0.727. The van der Waals surface area contributed by atoms with Crippen molar-refractivity contribution in [3.63, 3.8) is 0 Å². The molecule has 0 saturated heterocycles. The van der Waals surface area contributed by atoms with Crippen LogP contribution in [-0.2, 0) is 0 Å². The fourth-order valence-electron chi connectivity index (χ4n) is 1.61. The molecule has 0 saturated carbocycles. The summed E-state index contributed by atoms with van der Waals surface area (Å²) in [6.07, 6.45) is 6.52. The largest absolute Gasteiger partial charge is 0.312 e. The molecule has 1 aromatic heterocycles. The van der Waals surface area contributed by atoms with E-state index in [9.17, 15) is 0 Å². The predicted molar refractivity (Wildman–Crippen MR) is 62.7 cm³/mol. The van der Waals surface area contributed by atoms with Crippen molar-refractivity contribution in [3.8, 4) is 0 Å². The summed E-state index contributed by atoms with van der Waals surface area (Å²) in [5, 5.41) is 5.47. The first kappa shape index (κ1) is 11.7. The summed E-state index contributed by atoms with van der Waals surface area (Å²) >= 11 is 1.68. The van der Waals surface area contributed by atoms with Crippen molar-refractivity contribution in [2.45, 2.75) is 45.1 Å². The van der Waals surface area contributed by atoms with Crippen LogP contribution in [0.4, 0.5) is 0 Å². The molecule has 0 aliphatic carbocycles. The van der Waals surface area contributed by atoms with Gasteiger partial charge in [0.05, 0.1) is 17.2 Å². The molecule has 1 heterocycles. The highest BCUT2D eigenvalue weighted by Crippen LogP contribution is 2.19. The van der Waals surface area contributed by atoms with Crippen molar-refractivity contribution in [1.82, 2.24) is 10.3 Å². The third kappa shape index (κ3) is 3.76. The molecule has 0 aliphatic heterocycles. The van der Waals surface area contributed by atoms with Gasteiger partial charge in [0.25, 0.3) is 0 Å². The lowest BCUT2D eigenvalue weighted by Gasteiger charge is -2.13. The smallest absolute Gasteiger partial charge is 0.0795 e. The maximum absolute atomic E-state index is 4.34. The molecule has 3 heteroatoms. The van der Waals surface area contributed by atoms with Gasteiger partial charge in [0, 0.05) is 5.38 Å². The number of hydrogen-bond donors (Lipinski definition) is 1. The average molecular weight is 212 g/mol. The first-order valence-electron chi connectivity index (χ1n) is 5.43. The molecule has 2 nitrogen and oxygen atoms in total. The fourth-order valence-corrected chi connectivity index (χ4v) is 2.22. The molecular formula is C11H20N2S. The Morgan fingerprint density at radius 1 is 1.43 bits per heavy atom. The van der Waals surface area contributed by atoms with Crippen LogP contribution in [0.2, 0.25) is 0 Å². The summed E-state index contributed by atoms with van der Waals surface area (Å²) < 4.78 is 0. The van der Waals surface area contributed by atoms with Crippen LogP contribution in [-0.4, -0.2) is 12.0 Å². The molecule has 0 radical (unpaired) electrons. The zero-order valence-corrected chi connectivity index (χ0v) is 9.94. The third-order valence-electron chi connectivity index (χ3n) is 2.50. The molecule has 1 N–H and O–H groups in total. The van der Waals surface area contributed by atoms with E-state index in [1.54, 1.807) is 11.3 Å². The molecular weight excluding hydrogens is 192 g/mol. The van der Waals surface area contributed by atoms with Gasteiger partial charge in [-0.2, -0.15) is 0 Å². The molecule has 1 atom stereocenters. The number of rotatable bonds is 7. The van der Waals surface area contributed by atoms with Crippen LogP contribution < -0.4 is 5.32 Å². The summed E-state index contributed by atoms with van der Waals surface area (Å²) in [5.74, 6) is 0. The quantitative estimate of drug-likeness (QED) is 0.701. The molecule has 0 amide bonds. The molecule has 0 aromatic carbocycles. The van der Waals surface area contributed by atoms with Crippen molar-refractivity contribution >= 4 is 11.3 Å². The molecule has 1 unspecified atom stereocenters. The van der Waals surface area contributed by atoms with E-state index in [0.29, 0.717) is 6.04 Å². The minimum absolute atomic E-state index is 0.457. The van der Waals surface area contributed by atoms with Gasteiger partial charge in [0.2, 0.25) is 0 Å². The van der Waals surface area contributed by atoms with Crippen molar-refractivity contribution in [2.24, 2.45) is 0 Å². The monoisotopic (exact) mass is 212 g/mol. The van der Waals surface area contributed by atoms with E-state index < -0.39 is 0 Å². The van der Waals surface area contributed by atoms with Gasteiger partial charge < -0.3 is 5.32 Å². The molecule has 0 bridgehead atoms. The zero-order valence-electron chi connectivity index (χ0n) is 9.12. The van der Waals surface area contributed by atoms with Gasteiger partial charge in [-0.05, 0) is 13.5 Å². The highest BCUT2D eigenvalue weighted by molar-refractivity contribution is 7.07. The Balaban J connectivity index is 2.26. The molecule has 0 spiro atoms. The summed E-state index contributed by atoms with van der Waals surface area (Å²) in [6.45, 7) is 2.25. The Labute approximate surface area is 90.8 Å². The lowest BCUT2D eigenvalue weighted by Crippen LogP contribution is -2.16. The average Bonchev–Trinajstić information content (AvgIpc) is 2.71. The first-order chi connectivity index (χ1) is 6.88. The van der Waals surface area contributed by atoms with Crippen LogP contribution in [0.1, 0.15) is 50.8 Å². The van der Waals surface area contributed by atoms with Gasteiger partial charge in [0.15, 0.2) is 0 Å². The van der Waals surface area contributed by atoms with E-state index in [1.807, 2.05) is 12.6 Å². The Morgan fingerprint density at radius 3 is 2.86 bits per heavy atom. The topological polar surface area (TPSA) is 24.9 Å². The highest BCUT2D eigenvalue weighted by Gasteiger charge is 2.09. The normalized spacial score (nSPS) is 13.0. The molecule has 0 fully saturated rings. The van der Waals surface area contributed by atoms with E-state index in [2.05, 4.69) is 22.6 Å². The minimum Gasteiger partial charge on any atom is -0.312 e. The van der Waals surface area contributed by atoms with E-state index in [4.69, 9.17) is 0 Å². The molecule has 14 heavy (non-hydrogen) atoms. The number of nitrogens with one attached hydrogen (secondary N) is 1. The second-order valence-electron chi connectivity index (χ2n) is 3.60. The molecule has 1 rings (SSSR count). The number of hydrogen-bond acceptors (Lipinski definition) is 3. The maximum Gasteiger partial charge on any atom is 0.0795 e. The van der Waals surface area contributed by atoms with E-state index in [0.717, 1.165) is 0 Å².